The number of fused-ring (bicyclic) bond motifs is 1. The van der Waals surface area contributed by atoms with Gasteiger partial charge in [0.15, 0.2) is 0 Å². The molecule has 0 unspecified atom stereocenters. The van der Waals surface area contributed by atoms with E-state index < -0.39 is 0 Å². The van der Waals surface area contributed by atoms with E-state index in [1.807, 2.05) is 30.3 Å². The third-order valence-electron chi connectivity index (χ3n) is 3.73. The first kappa shape index (κ1) is 12.8. The molecular weight excluding hydrogens is 280 g/mol. The summed E-state index contributed by atoms with van der Waals surface area (Å²) in [7, 11) is 0. The molecule has 4 rings (SSSR count). The lowest BCUT2D eigenvalue weighted by Gasteiger charge is -2.38. The predicted octanol–water partition coefficient (Wildman–Crippen LogP) is 1.86. The summed E-state index contributed by atoms with van der Waals surface area (Å²) in [6.45, 7) is 1.16. The summed E-state index contributed by atoms with van der Waals surface area (Å²) in [4.78, 5) is 25.5. The summed E-state index contributed by atoms with van der Waals surface area (Å²) in [5, 5.41) is 0. The fraction of sp³-hybridized carbons (Fsp3) is 0.188. The molecule has 0 atom stereocenters. The number of H-pyrrole nitrogens is 1. The quantitative estimate of drug-likeness (QED) is 0.800. The molecule has 1 aromatic carbocycles. The minimum Gasteiger partial charge on any atom is -0.471 e. The molecule has 1 fully saturated rings. The van der Waals surface area contributed by atoms with Crippen LogP contribution in [0.25, 0.3) is 11.0 Å². The Morgan fingerprint density at radius 1 is 1.23 bits per heavy atom. The first-order valence-electron chi connectivity index (χ1n) is 7.10. The summed E-state index contributed by atoms with van der Waals surface area (Å²) < 4.78 is 5.70. The molecule has 22 heavy (non-hydrogen) atoms. The smallest absolute Gasteiger partial charge is 0.254 e. The van der Waals surface area contributed by atoms with Crippen LogP contribution < -0.4 is 4.74 Å². The first-order chi connectivity index (χ1) is 10.8. The minimum absolute atomic E-state index is 0.00901. The second-order valence-corrected chi connectivity index (χ2v) is 5.25. The molecule has 2 aromatic heterocycles. The number of nitrogens with one attached hydrogen (secondary N) is 1. The van der Waals surface area contributed by atoms with Gasteiger partial charge in [-0.25, -0.2) is 9.97 Å². The Morgan fingerprint density at radius 3 is 2.95 bits per heavy atom. The number of hydrogen-bond donors (Lipinski definition) is 1. The first-order valence-corrected chi connectivity index (χ1v) is 7.10. The molecule has 6 heteroatoms. The number of imidazole rings is 1. The fourth-order valence-corrected chi connectivity index (χ4v) is 2.52. The molecule has 3 aromatic rings. The molecule has 1 aliphatic rings. The minimum atomic E-state index is 0.00901. The molecule has 3 heterocycles. The molecule has 0 aliphatic carbocycles. The number of amides is 1. The van der Waals surface area contributed by atoms with Crippen LogP contribution in [0.4, 0.5) is 0 Å². The van der Waals surface area contributed by atoms with Crippen LogP contribution in [0.3, 0.4) is 0 Å². The summed E-state index contributed by atoms with van der Waals surface area (Å²) in [6.07, 6.45) is 3.32. The van der Waals surface area contributed by atoms with E-state index in [9.17, 15) is 4.79 Å². The van der Waals surface area contributed by atoms with Crippen molar-refractivity contribution >= 4 is 16.9 Å². The van der Waals surface area contributed by atoms with Crippen LogP contribution in [0.2, 0.25) is 0 Å². The number of aromatic nitrogens is 3. The number of aromatic amines is 1. The number of hydrogen-bond acceptors (Lipinski definition) is 4. The van der Waals surface area contributed by atoms with Crippen molar-refractivity contribution in [1.29, 1.82) is 0 Å². The number of likely N-dealkylation sites (tertiary alicyclic amines) is 1. The summed E-state index contributed by atoms with van der Waals surface area (Å²) in [5.41, 5.74) is 2.39. The zero-order chi connectivity index (χ0) is 14.9. The Labute approximate surface area is 126 Å². The second kappa shape index (κ2) is 5.14. The molecule has 0 spiro atoms. The van der Waals surface area contributed by atoms with Crippen molar-refractivity contribution in [3.63, 3.8) is 0 Å². The summed E-state index contributed by atoms with van der Waals surface area (Å²) >= 11 is 0. The van der Waals surface area contributed by atoms with Crippen LogP contribution in [0.1, 0.15) is 10.4 Å². The lowest BCUT2D eigenvalue weighted by Crippen LogP contribution is -2.56. The SMILES string of the molecule is O=C(c1ccc2nc[nH]c2c1)N1CC(Oc2ccccn2)C1. The zero-order valence-corrected chi connectivity index (χ0v) is 11.8. The van der Waals surface area contributed by atoms with Crippen molar-refractivity contribution < 1.29 is 9.53 Å². The lowest BCUT2D eigenvalue weighted by molar-refractivity contribution is 0.0160. The van der Waals surface area contributed by atoms with Gasteiger partial charge in [0.1, 0.15) is 6.10 Å². The van der Waals surface area contributed by atoms with Crippen LogP contribution in [0.15, 0.2) is 48.9 Å². The Bertz CT molecular complexity index is 809. The number of rotatable bonds is 3. The van der Waals surface area contributed by atoms with Gasteiger partial charge in [-0.3, -0.25) is 4.79 Å². The third kappa shape index (κ3) is 2.28. The maximum atomic E-state index is 12.4. The Hall–Kier alpha value is -2.89. The maximum Gasteiger partial charge on any atom is 0.254 e. The van der Waals surface area contributed by atoms with E-state index in [1.54, 1.807) is 23.5 Å². The Morgan fingerprint density at radius 2 is 2.14 bits per heavy atom. The largest absolute Gasteiger partial charge is 0.471 e. The number of benzene rings is 1. The van der Waals surface area contributed by atoms with Gasteiger partial charge in [-0.15, -0.1) is 0 Å². The van der Waals surface area contributed by atoms with Crippen LogP contribution in [-0.4, -0.2) is 45.0 Å². The zero-order valence-electron chi connectivity index (χ0n) is 11.8. The van der Waals surface area contributed by atoms with E-state index in [2.05, 4.69) is 15.0 Å². The van der Waals surface area contributed by atoms with E-state index >= 15 is 0 Å². The lowest BCUT2D eigenvalue weighted by atomic mass is 10.1. The normalized spacial score (nSPS) is 14.8. The predicted molar refractivity (Wildman–Crippen MR) is 80.7 cm³/mol. The molecule has 110 valence electrons. The fourth-order valence-electron chi connectivity index (χ4n) is 2.52. The molecule has 0 radical (unpaired) electrons. The highest BCUT2D eigenvalue weighted by Gasteiger charge is 2.33. The average Bonchev–Trinajstić information content (AvgIpc) is 2.98. The number of pyridine rings is 1. The van der Waals surface area contributed by atoms with Crippen LogP contribution >= 0.6 is 0 Å². The standard InChI is InChI=1S/C16H14N4O2/c21-16(11-4-5-13-14(7-11)19-10-18-13)20-8-12(9-20)22-15-3-1-2-6-17-15/h1-7,10,12H,8-9H2,(H,18,19). The van der Waals surface area contributed by atoms with Crippen LogP contribution in [0.5, 0.6) is 5.88 Å². The maximum absolute atomic E-state index is 12.4. The Kier molecular flexibility index (Phi) is 3.00. The van der Waals surface area contributed by atoms with Gasteiger partial charge in [0.25, 0.3) is 5.91 Å². The van der Waals surface area contributed by atoms with E-state index in [0.29, 0.717) is 24.5 Å². The topological polar surface area (TPSA) is 71.1 Å². The number of ether oxygens (including phenoxy) is 1. The molecular formula is C16H14N4O2. The average molecular weight is 294 g/mol. The summed E-state index contributed by atoms with van der Waals surface area (Å²) in [5.74, 6) is 0.607. The van der Waals surface area contributed by atoms with E-state index in [0.717, 1.165) is 11.0 Å². The molecule has 1 saturated heterocycles. The molecule has 0 bridgehead atoms. The van der Waals surface area contributed by atoms with Crippen LogP contribution in [0, 0.1) is 0 Å². The van der Waals surface area contributed by atoms with Crippen molar-refractivity contribution in [3.8, 4) is 5.88 Å². The molecule has 1 amide bonds. The van der Waals surface area contributed by atoms with Crippen molar-refractivity contribution in [3.05, 3.63) is 54.5 Å². The summed E-state index contributed by atoms with van der Waals surface area (Å²) in [6, 6.07) is 11.0. The monoisotopic (exact) mass is 294 g/mol. The molecule has 0 saturated carbocycles. The van der Waals surface area contributed by atoms with Crippen molar-refractivity contribution in [2.75, 3.05) is 13.1 Å². The van der Waals surface area contributed by atoms with Gasteiger partial charge < -0.3 is 14.6 Å². The van der Waals surface area contributed by atoms with Crippen molar-refractivity contribution in [1.82, 2.24) is 19.9 Å². The highest BCUT2D eigenvalue weighted by atomic mass is 16.5. The van der Waals surface area contributed by atoms with E-state index in [-0.39, 0.29) is 12.0 Å². The van der Waals surface area contributed by atoms with Gasteiger partial charge >= 0.3 is 0 Å². The number of carbonyl (C=O) groups excluding carboxylic acids is 1. The van der Waals surface area contributed by atoms with Crippen LogP contribution in [-0.2, 0) is 0 Å². The highest BCUT2D eigenvalue weighted by molar-refractivity contribution is 5.97. The number of carbonyl (C=O) groups is 1. The van der Waals surface area contributed by atoms with E-state index in [4.69, 9.17) is 4.74 Å². The van der Waals surface area contributed by atoms with Gasteiger partial charge in [0, 0.05) is 17.8 Å². The van der Waals surface area contributed by atoms with Crippen molar-refractivity contribution in [2.24, 2.45) is 0 Å². The van der Waals surface area contributed by atoms with Gasteiger partial charge in [-0.05, 0) is 24.3 Å². The molecule has 1 aliphatic heterocycles. The Balaban J connectivity index is 1.40. The third-order valence-corrected chi connectivity index (χ3v) is 3.73. The van der Waals surface area contributed by atoms with Crippen molar-refractivity contribution in [2.45, 2.75) is 6.10 Å². The number of nitrogens with zero attached hydrogens (tertiary/aromatic N) is 3. The van der Waals surface area contributed by atoms with E-state index in [1.165, 1.54) is 0 Å². The second-order valence-electron chi connectivity index (χ2n) is 5.25. The van der Waals surface area contributed by atoms with Gasteiger partial charge in [-0.2, -0.15) is 0 Å². The highest BCUT2D eigenvalue weighted by Crippen LogP contribution is 2.20. The van der Waals surface area contributed by atoms with Gasteiger partial charge in [-0.1, -0.05) is 6.07 Å². The molecule has 1 N–H and O–H groups in total. The molecule has 6 nitrogen and oxygen atoms in total. The van der Waals surface area contributed by atoms with Gasteiger partial charge in [0.2, 0.25) is 5.88 Å². The van der Waals surface area contributed by atoms with Gasteiger partial charge in [0.05, 0.1) is 30.5 Å².